The first-order valence-corrected chi connectivity index (χ1v) is 7.98. The van der Waals surface area contributed by atoms with Crippen molar-refractivity contribution in [3.05, 3.63) is 52.9 Å². The zero-order chi connectivity index (χ0) is 14.5. The fourth-order valence-electron chi connectivity index (χ4n) is 2.75. The molecule has 2 heterocycles. The lowest BCUT2D eigenvalue weighted by Crippen LogP contribution is -2.27. The molecule has 0 radical (unpaired) electrons. The highest BCUT2D eigenvalue weighted by Gasteiger charge is 2.26. The molecule has 4 nitrogen and oxygen atoms in total. The second-order valence-corrected chi connectivity index (χ2v) is 6.06. The number of hydrogen-bond acceptors (Lipinski definition) is 4. The van der Waals surface area contributed by atoms with Crippen LogP contribution in [0.1, 0.15) is 24.4 Å². The van der Waals surface area contributed by atoms with Crippen LogP contribution in [0.4, 0.5) is 5.82 Å². The molecule has 1 unspecified atom stereocenters. The Morgan fingerprint density at radius 1 is 1.19 bits per heavy atom. The number of nitrogens with zero attached hydrogens (tertiary/aromatic N) is 2. The van der Waals surface area contributed by atoms with Crippen LogP contribution in [0, 0.1) is 5.92 Å². The topological polar surface area (TPSA) is 47.0 Å². The number of hydrogen-bond donors (Lipinski definition) is 1. The molecule has 1 fully saturated rings. The number of rotatable bonds is 4. The van der Waals surface area contributed by atoms with E-state index in [9.17, 15) is 0 Å². The molecule has 3 rings (SSSR count). The molecular weight excluding hydrogens is 330 g/mol. The highest BCUT2D eigenvalue weighted by atomic mass is 79.9. The molecule has 1 aromatic carbocycles. The highest BCUT2D eigenvalue weighted by Crippen LogP contribution is 2.34. The average molecular weight is 348 g/mol. The quantitative estimate of drug-likeness (QED) is 0.913. The Morgan fingerprint density at radius 3 is 2.67 bits per heavy atom. The van der Waals surface area contributed by atoms with Gasteiger partial charge in [-0.25, -0.2) is 9.97 Å². The summed E-state index contributed by atoms with van der Waals surface area (Å²) >= 11 is 3.51. The van der Waals surface area contributed by atoms with E-state index in [-0.39, 0.29) is 6.04 Å². The molecule has 2 aromatic rings. The molecule has 1 aromatic heterocycles. The van der Waals surface area contributed by atoms with E-state index in [1.54, 1.807) is 12.5 Å². The lowest BCUT2D eigenvalue weighted by atomic mass is 9.87. The van der Waals surface area contributed by atoms with Crippen molar-refractivity contribution in [2.75, 3.05) is 18.5 Å². The van der Waals surface area contributed by atoms with E-state index in [0.717, 1.165) is 36.3 Å². The molecule has 5 heteroatoms. The molecule has 0 bridgehead atoms. The molecule has 21 heavy (non-hydrogen) atoms. The summed E-state index contributed by atoms with van der Waals surface area (Å²) in [6.45, 7) is 1.67. The molecule has 0 saturated carbocycles. The summed E-state index contributed by atoms with van der Waals surface area (Å²) in [5, 5.41) is 3.58. The zero-order valence-electron chi connectivity index (χ0n) is 11.7. The van der Waals surface area contributed by atoms with Crippen LogP contribution in [0.25, 0.3) is 0 Å². The van der Waals surface area contributed by atoms with Crippen molar-refractivity contribution in [2.45, 2.75) is 18.9 Å². The summed E-state index contributed by atoms with van der Waals surface area (Å²) < 4.78 is 6.38. The van der Waals surface area contributed by atoms with Crippen molar-refractivity contribution >= 4 is 21.7 Å². The van der Waals surface area contributed by atoms with Crippen molar-refractivity contribution in [2.24, 2.45) is 5.92 Å². The third kappa shape index (κ3) is 3.60. The summed E-state index contributed by atoms with van der Waals surface area (Å²) in [5.41, 5.74) is 1.29. The summed E-state index contributed by atoms with van der Waals surface area (Å²) in [5.74, 6) is 1.38. The Hall–Kier alpha value is -1.46. The zero-order valence-corrected chi connectivity index (χ0v) is 13.3. The molecule has 0 amide bonds. The predicted molar refractivity (Wildman–Crippen MR) is 86.1 cm³/mol. The first-order valence-electron chi connectivity index (χ1n) is 7.19. The minimum atomic E-state index is 0.237. The number of ether oxygens (including phenoxy) is 1. The number of aromatic nitrogens is 2. The van der Waals surface area contributed by atoms with Gasteiger partial charge in [-0.05, 0) is 40.3 Å². The Bertz CT molecular complexity index is 573. The molecule has 1 aliphatic rings. The standard InChI is InChI=1S/C16H18BrN3O/c17-14-10-18-11-19-16(14)20-15(12-4-2-1-3-5-12)13-6-8-21-9-7-13/h1-5,10-11,13,15H,6-9H2,(H,18,19,20). The van der Waals surface area contributed by atoms with Crippen molar-refractivity contribution < 1.29 is 4.74 Å². The van der Waals surface area contributed by atoms with E-state index in [1.165, 1.54) is 5.56 Å². The van der Waals surface area contributed by atoms with Gasteiger partial charge in [-0.1, -0.05) is 30.3 Å². The number of anilines is 1. The van der Waals surface area contributed by atoms with Gasteiger partial charge in [-0.15, -0.1) is 0 Å². The van der Waals surface area contributed by atoms with Crippen LogP contribution < -0.4 is 5.32 Å². The second-order valence-electron chi connectivity index (χ2n) is 5.20. The summed E-state index contributed by atoms with van der Waals surface area (Å²) in [7, 11) is 0. The van der Waals surface area contributed by atoms with Gasteiger partial charge in [0, 0.05) is 19.4 Å². The van der Waals surface area contributed by atoms with E-state index in [0.29, 0.717) is 5.92 Å². The fourth-order valence-corrected chi connectivity index (χ4v) is 3.08. The maximum absolute atomic E-state index is 5.50. The van der Waals surface area contributed by atoms with Gasteiger partial charge in [-0.2, -0.15) is 0 Å². The van der Waals surface area contributed by atoms with Gasteiger partial charge in [0.1, 0.15) is 12.1 Å². The van der Waals surface area contributed by atoms with Gasteiger partial charge < -0.3 is 10.1 Å². The molecule has 0 aliphatic carbocycles. The van der Waals surface area contributed by atoms with Crippen LogP contribution >= 0.6 is 15.9 Å². The number of halogens is 1. The van der Waals surface area contributed by atoms with Crippen molar-refractivity contribution in [3.8, 4) is 0 Å². The van der Waals surface area contributed by atoms with Crippen LogP contribution in [0.15, 0.2) is 47.3 Å². The van der Waals surface area contributed by atoms with Gasteiger partial charge in [-0.3, -0.25) is 0 Å². The maximum Gasteiger partial charge on any atom is 0.144 e. The molecule has 110 valence electrons. The normalized spacial score (nSPS) is 17.4. The lowest BCUT2D eigenvalue weighted by Gasteiger charge is -2.32. The van der Waals surface area contributed by atoms with E-state index in [4.69, 9.17) is 4.74 Å². The van der Waals surface area contributed by atoms with E-state index < -0.39 is 0 Å². The van der Waals surface area contributed by atoms with E-state index in [2.05, 4.69) is 55.5 Å². The molecule has 0 spiro atoms. The number of nitrogens with one attached hydrogen (secondary N) is 1. The molecular formula is C16H18BrN3O. The van der Waals surface area contributed by atoms with Crippen molar-refractivity contribution in [1.82, 2.24) is 9.97 Å². The Balaban J connectivity index is 1.87. The first kappa shape index (κ1) is 14.5. The van der Waals surface area contributed by atoms with Gasteiger partial charge >= 0.3 is 0 Å². The lowest BCUT2D eigenvalue weighted by molar-refractivity contribution is 0.0604. The van der Waals surface area contributed by atoms with Gasteiger partial charge in [0.2, 0.25) is 0 Å². The third-order valence-corrected chi connectivity index (χ3v) is 4.44. The summed E-state index contributed by atoms with van der Waals surface area (Å²) in [6, 6.07) is 10.8. The van der Waals surface area contributed by atoms with Crippen molar-refractivity contribution in [1.29, 1.82) is 0 Å². The molecule has 1 aliphatic heterocycles. The smallest absolute Gasteiger partial charge is 0.144 e. The van der Waals surface area contributed by atoms with Crippen molar-refractivity contribution in [3.63, 3.8) is 0 Å². The van der Waals surface area contributed by atoms with E-state index >= 15 is 0 Å². The van der Waals surface area contributed by atoms with Crippen LogP contribution in [-0.2, 0) is 4.74 Å². The van der Waals surface area contributed by atoms with Gasteiger partial charge in [0.25, 0.3) is 0 Å². The minimum absolute atomic E-state index is 0.237. The maximum atomic E-state index is 5.50. The van der Waals surface area contributed by atoms with Crippen LogP contribution in [0.3, 0.4) is 0 Å². The van der Waals surface area contributed by atoms with Crippen LogP contribution in [0.5, 0.6) is 0 Å². The van der Waals surface area contributed by atoms with Gasteiger partial charge in [0.05, 0.1) is 10.5 Å². The van der Waals surface area contributed by atoms with Crippen LogP contribution in [-0.4, -0.2) is 23.2 Å². The second kappa shape index (κ2) is 7.00. The predicted octanol–water partition coefficient (Wildman–Crippen LogP) is 3.82. The third-order valence-electron chi connectivity index (χ3n) is 3.86. The van der Waals surface area contributed by atoms with Gasteiger partial charge in [0.15, 0.2) is 0 Å². The average Bonchev–Trinajstić information content (AvgIpc) is 2.56. The Kier molecular flexibility index (Phi) is 4.83. The SMILES string of the molecule is Brc1cncnc1NC(c1ccccc1)C1CCOCC1. The van der Waals surface area contributed by atoms with E-state index in [1.807, 2.05) is 6.07 Å². The highest BCUT2D eigenvalue weighted by molar-refractivity contribution is 9.10. The number of benzene rings is 1. The molecule has 1 atom stereocenters. The first-order chi connectivity index (χ1) is 10.3. The Morgan fingerprint density at radius 2 is 1.95 bits per heavy atom. The molecule has 1 saturated heterocycles. The Labute approximate surface area is 133 Å². The monoisotopic (exact) mass is 347 g/mol. The summed E-state index contributed by atoms with van der Waals surface area (Å²) in [6.07, 6.45) is 5.46. The summed E-state index contributed by atoms with van der Waals surface area (Å²) in [4.78, 5) is 8.36. The molecule has 1 N–H and O–H groups in total. The van der Waals surface area contributed by atoms with Crippen LogP contribution in [0.2, 0.25) is 0 Å². The largest absolute Gasteiger partial charge is 0.381 e. The minimum Gasteiger partial charge on any atom is -0.381 e. The fraction of sp³-hybridized carbons (Fsp3) is 0.375.